The maximum atomic E-state index is 11.3. The van der Waals surface area contributed by atoms with Gasteiger partial charge in [-0.2, -0.15) is 0 Å². The molecule has 0 bridgehead atoms. The highest BCUT2D eigenvalue weighted by Crippen LogP contribution is 2.09. The number of imide groups is 2. The Labute approximate surface area is 75.3 Å². The molecule has 0 unspecified atom stereocenters. The molecule has 0 aromatic carbocycles. The van der Waals surface area contributed by atoms with E-state index < -0.39 is 12.1 Å². The zero-order chi connectivity index (χ0) is 10.0. The minimum absolute atomic E-state index is 0.228. The lowest BCUT2D eigenvalue weighted by atomic mass is 10.4. The summed E-state index contributed by atoms with van der Waals surface area (Å²) >= 11 is 0. The van der Waals surface area contributed by atoms with E-state index in [1.807, 2.05) is 6.92 Å². The molecule has 1 aliphatic heterocycles. The minimum Gasteiger partial charge on any atom is -0.351 e. The van der Waals surface area contributed by atoms with Crippen molar-refractivity contribution in [1.82, 2.24) is 9.80 Å². The van der Waals surface area contributed by atoms with Gasteiger partial charge in [-0.1, -0.05) is 6.92 Å². The fraction of sp³-hybridized carbons (Fsp3) is 0.571. The number of carbonyl (C=O) groups excluding carboxylic acids is 3. The maximum absolute atomic E-state index is 11.3. The molecule has 0 spiro atoms. The Kier molecular flexibility index (Phi) is 2.50. The van der Waals surface area contributed by atoms with Crippen molar-refractivity contribution >= 4 is 18.0 Å². The summed E-state index contributed by atoms with van der Waals surface area (Å²) in [5.41, 5.74) is 4.90. The van der Waals surface area contributed by atoms with Crippen molar-refractivity contribution in [3.8, 4) is 0 Å². The number of hydrogen-bond acceptors (Lipinski definition) is 3. The summed E-state index contributed by atoms with van der Waals surface area (Å²) < 4.78 is 0. The predicted molar refractivity (Wildman–Crippen MR) is 43.7 cm³/mol. The van der Waals surface area contributed by atoms with Crippen LogP contribution in [0.3, 0.4) is 0 Å². The van der Waals surface area contributed by atoms with Crippen LogP contribution in [0.25, 0.3) is 0 Å². The average Bonchev–Trinajstić information content (AvgIpc) is 2.32. The summed E-state index contributed by atoms with van der Waals surface area (Å²) in [6.45, 7) is 1.95. The van der Waals surface area contributed by atoms with Gasteiger partial charge in [-0.15, -0.1) is 0 Å². The fourth-order valence-electron chi connectivity index (χ4n) is 1.16. The Morgan fingerprint density at radius 2 is 2.15 bits per heavy atom. The van der Waals surface area contributed by atoms with E-state index in [0.29, 0.717) is 13.0 Å². The van der Waals surface area contributed by atoms with Crippen LogP contribution in [0.2, 0.25) is 0 Å². The molecule has 1 heterocycles. The van der Waals surface area contributed by atoms with Gasteiger partial charge in [0.15, 0.2) is 0 Å². The van der Waals surface area contributed by atoms with Crippen LogP contribution in [0.15, 0.2) is 0 Å². The zero-order valence-corrected chi connectivity index (χ0v) is 7.32. The molecule has 1 fully saturated rings. The van der Waals surface area contributed by atoms with Gasteiger partial charge in [-0.05, 0) is 6.42 Å². The van der Waals surface area contributed by atoms with Crippen molar-refractivity contribution in [1.29, 1.82) is 0 Å². The van der Waals surface area contributed by atoms with Gasteiger partial charge >= 0.3 is 12.1 Å². The smallest absolute Gasteiger partial charge is 0.335 e. The van der Waals surface area contributed by atoms with E-state index in [-0.39, 0.29) is 12.5 Å². The van der Waals surface area contributed by atoms with Crippen molar-refractivity contribution < 1.29 is 14.4 Å². The van der Waals surface area contributed by atoms with Crippen molar-refractivity contribution in [2.24, 2.45) is 5.73 Å². The summed E-state index contributed by atoms with van der Waals surface area (Å²) in [5.74, 6) is -0.370. The quantitative estimate of drug-likeness (QED) is 0.601. The van der Waals surface area contributed by atoms with E-state index in [4.69, 9.17) is 5.73 Å². The molecule has 0 aliphatic carbocycles. The molecule has 6 nitrogen and oxygen atoms in total. The molecule has 1 aliphatic rings. The van der Waals surface area contributed by atoms with Gasteiger partial charge in [0.05, 0.1) is 0 Å². The molecule has 1 rings (SSSR count). The molecule has 0 aromatic rings. The first-order chi connectivity index (χ1) is 6.07. The number of nitrogens with zero attached hydrogens (tertiary/aromatic N) is 2. The average molecular weight is 185 g/mol. The Balaban J connectivity index is 2.75. The molecular weight excluding hydrogens is 174 g/mol. The third kappa shape index (κ3) is 1.61. The van der Waals surface area contributed by atoms with Gasteiger partial charge in [0, 0.05) is 6.54 Å². The highest BCUT2D eigenvalue weighted by Gasteiger charge is 2.37. The minimum atomic E-state index is -0.878. The molecule has 72 valence electrons. The second-order valence-corrected chi connectivity index (χ2v) is 2.75. The molecule has 0 aromatic heterocycles. The van der Waals surface area contributed by atoms with E-state index in [9.17, 15) is 14.4 Å². The van der Waals surface area contributed by atoms with Gasteiger partial charge in [-0.25, -0.2) is 14.5 Å². The van der Waals surface area contributed by atoms with Gasteiger partial charge < -0.3 is 5.73 Å². The lowest BCUT2D eigenvalue weighted by Crippen LogP contribution is -2.39. The summed E-state index contributed by atoms with van der Waals surface area (Å²) in [5, 5.41) is 0. The second kappa shape index (κ2) is 3.42. The van der Waals surface area contributed by atoms with Crippen molar-refractivity contribution in [2.75, 3.05) is 13.1 Å². The topological polar surface area (TPSA) is 83.7 Å². The molecular formula is C7H11N3O3. The second-order valence-electron chi connectivity index (χ2n) is 2.75. The van der Waals surface area contributed by atoms with Crippen LogP contribution in [-0.2, 0) is 4.79 Å². The van der Waals surface area contributed by atoms with Gasteiger partial charge in [0.1, 0.15) is 6.54 Å². The number of urea groups is 2. The van der Waals surface area contributed by atoms with Gasteiger partial charge in [0.25, 0.3) is 5.91 Å². The first-order valence-corrected chi connectivity index (χ1v) is 3.99. The lowest BCUT2D eigenvalue weighted by molar-refractivity contribution is -0.125. The van der Waals surface area contributed by atoms with E-state index in [1.165, 1.54) is 0 Å². The molecule has 0 radical (unpaired) electrons. The summed E-state index contributed by atoms with van der Waals surface area (Å²) in [7, 11) is 0. The number of carbonyl (C=O) groups is 3. The largest absolute Gasteiger partial charge is 0.351 e. The predicted octanol–water partition coefficient (Wildman–Crippen LogP) is -0.261. The van der Waals surface area contributed by atoms with Crippen molar-refractivity contribution in [3.63, 3.8) is 0 Å². The standard InChI is InChI=1S/C7H11N3O3/c1-2-3-9-5(11)4-10(6(8)12)7(9)13/h2-4H2,1H3,(H2,8,12). The molecule has 0 atom stereocenters. The molecule has 6 heteroatoms. The normalized spacial score (nSPS) is 17.0. The molecule has 5 amide bonds. The van der Waals surface area contributed by atoms with Crippen LogP contribution < -0.4 is 5.73 Å². The first-order valence-electron chi connectivity index (χ1n) is 3.99. The Hall–Kier alpha value is -1.59. The molecule has 13 heavy (non-hydrogen) atoms. The van der Waals surface area contributed by atoms with Crippen LogP contribution in [-0.4, -0.2) is 40.9 Å². The summed E-state index contributed by atoms with van der Waals surface area (Å²) in [4.78, 5) is 34.8. The van der Waals surface area contributed by atoms with E-state index in [1.54, 1.807) is 0 Å². The lowest BCUT2D eigenvalue weighted by Gasteiger charge is -2.12. The van der Waals surface area contributed by atoms with Gasteiger partial charge in [0.2, 0.25) is 0 Å². The third-order valence-corrected chi connectivity index (χ3v) is 1.77. The number of primary amides is 1. The number of rotatable bonds is 2. The van der Waals surface area contributed by atoms with E-state index in [2.05, 4.69) is 0 Å². The monoisotopic (exact) mass is 185 g/mol. The Morgan fingerprint density at radius 1 is 1.54 bits per heavy atom. The van der Waals surface area contributed by atoms with Crippen LogP contribution in [0, 0.1) is 0 Å². The van der Waals surface area contributed by atoms with E-state index >= 15 is 0 Å². The molecule has 1 saturated heterocycles. The van der Waals surface area contributed by atoms with Gasteiger partial charge in [-0.3, -0.25) is 9.69 Å². The summed E-state index contributed by atoms with van der Waals surface area (Å²) in [6, 6.07) is -1.49. The van der Waals surface area contributed by atoms with Crippen molar-refractivity contribution in [3.05, 3.63) is 0 Å². The highest BCUT2D eigenvalue weighted by molar-refractivity contribution is 6.09. The molecule has 0 saturated carbocycles. The van der Waals surface area contributed by atoms with Crippen LogP contribution in [0.1, 0.15) is 13.3 Å². The third-order valence-electron chi connectivity index (χ3n) is 1.77. The number of hydrogen-bond donors (Lipinski definition) is 1. The van der Waals surface area contributed by atoms with Crippen LogP contribution >= 0.6 is 0 Å². The van der Waals surface area contributed by atoms with Crippen LogP contribution in [0.4, 0.5) is 9.59 Å². The fourth-order valence-corrected chi connectivity index (χ4v) is 1.16. The van der Waals surface area contributed by atoms with Crippen LogP contribution in [0.5, 0.6) is 0 Å². The number of amides is 5. The number of nitrogens with two attached hydrogens (primary N) is 1. The Bertz CT molecular complexity index is 264. The SMILES string of the molecule is CCCN1C(=O)CN(C(N)=O)C1=O. The Morgan fingerprint density at radius 3 is 2.54 bits per heavy atom. The highest BCUT2D eigenvalue weighted by atomic mass is 16.2. The maximum Gasteiger partial charge on any atom is 0.335 e. The van der Waals surface area contributed by atoms with E-state index in [0.717, 1.165) is 9.80 Å². The molecule has 2 N–H and O–H groups in total. The first kappa shape index (κ1) is 9.50. The zero-order valence-electron chi connectivity index (χ0n) is 7.32. The summed E-state index contributed by atoms with van der Waals surface area (Å²) in [6.07, 6.45) is 0.671. The van der Waals surface area contributed by atoms with Crippen molar-refractivity contribution in [2.45, 2.75) is 13.3 Å².